The molecule has 8 nitrogen and oxygen atoms in total. The van der Waals surface area contributed by atoms with E-state index in [9.17, 15) is 10.2 Å². The van der Waals surface area contributed by atoms with E-state index in [2.05, 4.69) is 81.7 Å². The Labute approximate surface area is 284 Å². The van der Waals surface area contributed by atoms with Crippen molar-refractivity contribution in [2.45, 2.75) is 47.6 Å². The molecule has 2 atom stereocenters. The molecule has 0 saturated carbocycles. The van der Waals surface area contributed by atoms with E-state index in [1.165, 1.54) is 0 Å². The van der Waals surface area contributed by atoms with Gasteiger partial charge in [-0.25, -0.2) is 0 Å². The molecule has 0 radical (unpaired) electrons. The fraction of sp³-hybridized carbons (Fsp3) is 0.450. The first-order valence-corrected chi connectivity index (χ1v) is 17.2. The van der Waals surface area contributed by atoms with Crippen molar-refractivity contribution in [3.63, 3.8) is 0 Å². The van der Waals surface area contributed by atoms with Crippen LogP contribution in [0.5, 0.6) is 11.5 Å². The number of hydrogen-bond acceptors (Lipinski definition) is 8. The molecule has 2 N–H and O–H groups in total. The van der Waals surface area contributed by atoms with Gasteiger partial charge in [-0.1, -0.05) is 47.6 Å². The third kappa shape index (κ3) is 6.29. The van der Waals surface area contributed by atoms with Crippen molar-refractivity contribution in [1.82, 2.24) is 0 Å². The SMILES string of the molecule is CC(C)(C)C1=C/C(=C\C2=C(O)C(/C=C3\C=C(C(C)(C)C)Oc4ccc(N5CCOCC5)cc43)C2O)c2cc(N3CCOCC3)ccc2O1. The summed E-state index contributed by atoms with van der Waals surface area (Å²) in [5, 5.41) is 23.2. The zero-order chi connectivity index (χ0) is 33.8. The summed E-state index contributed by atoms with van der Waals surface area (Å²) in [6, 6.07) is 12.6. The van der Waals surface area contributed by atoms with Crippen LogP contribution >= 0.6 is 0 Å². The second kappa shape index (κ2) is 12.5. The number of aliphatic hydroxyl groups excluding tert-OH is 2. The molecule has 2 fully saturated rings. The highest BCUT2D eigenvalue weighted by Crippen LogP contribution is 2.47. The van der Waals surface area contributed by atoms with Crippen molar-refractivity contribution >= 4 is 22.5 Å². The Balaban J connectivity index is 1.26. The molecule has 2 unspecified atom stereocenters. The van der Waals surface area contributed by atoms with Crippen LogP contribution in [-0.2, 0) is 9.47 Å². The highest BCUT2D eigenvalue weighted by Gasteiger charge is 2.39. The number of morpholine rings is 2. The predicted octanol–water partition coefficient (Wildman–Crippen LogP) is 7.27. The number of anilines is 2. The summed E-state index contributed by atoms with van der Waals surface area (Å²) in [5.74, 6) is 2.85. The van der Waals surface area contributed by atoms with Crippen molar-refractivity contribution in [3.8, 4) is 11.5 Å². The van der Waals surface area contributed by atoms with E-state index in [1.807, 2.05) is 30.4 Å². The average Bonchev–Trinajstić information content (AvgIpc) is 3.08. The topological polar surface area (TPSA) is 83.9 Å². The Morgan fingerprint density at radius 1 is 0.688 bits per heavy atom. The van der Waals surface area contributed by atoms with Crippen LogP contribution in [0.15, 0.2) is 83.6 Å². The van der Waals surface area contributed by atoms with Gasteiger partial charge in [0.1, 0.15) is 28.8 Å². The first-order valence-electron chi connectivity index (χ1n) is 17.2. The van der Waals surface area contributed by atoms with Crippen LogP contribution in [0.25, 0.3) is 11.1 Å². The molecule has 2 aromatic rings. The monoisotopic (exact) mass is 652 g/mol. The highest BCUT2D eigenvalue weighted by atomic mass is 16.5. The van der Waals surface area contributed by atoms with Crippen molar-refractivity contribution in [2.24, 2.45) is 16.7 Å². The molecule has 0 bridgehead atoms. The summed E-state index contributed by atoms with van der Waals surface area (Å²) in [5.41, 5.74) is 6.01. The van der Waals surface area contributed by atoms with E-state index in [0.717, 1.165) is 82.8 Å². The van der Waals surface area contributed by atoms with Gasteiger partial charge >= 0.3 is 0 Å². The van der Waals surface area contributed by atoms with Crippen LogP contribution in [0.2, 0.25) is 0 Å². The summed E-state index contributed by atoms with van der Waals surface area (Å²) < 4.78 is 24.0. The first-order chi connectivity index (χ1) is 22.9. The molecule has 254 valence electrons. The number of aliphatic hydroxyl groups is 2. The number of nitrogens with zero attached hydrogens (tertiary/aromatic N) is 2. The lowest BCUT2D eigenvalue weighted by atomic mass is 9.76. The van der Waals surface area contributed by atoms with Crippen molar-refractivity contribution in [2.75, 3.05) is 62.4 Å². The lowest BCUT2D eigenvalue weighted by molar-refractivity contribution is 0.113. The fourth-order valence-electron chi connectivity index (χ4n) is 6.71. The molecule has 4 aliphatic heterocycles. The van der Waals surface area contributed by atoms with Gasteiger partial charge in [-0.3, -0.25) is 0 Å². The second-order valence-corrected chi connectivity index (χ2v) is 15.3. The minimum absolute atomic E-state index is 0.175. The van der Waals surface area contributed by atoms with Crippen LogP contribution in [0.1, 0.15) is 52.7 Å². The smallest absolute Gasteiger partial charge is 0.134 e. The van der Waals surface area contributed by atoms with Crippen LogP contribution in [0.4, 0.5) is 11.4 Å². The largest absolute Gasteiger partial charge is 0.511 e. The molecule has 4 heterocycles. The maximum atomic E-state index is 11.6. The number of fused-ring (bicyclic) bond motifs is 2. The number of allylic oxidation sites excluding steroid dienone is 6. The lowest BCUT2D eigenvalue weighted by Crippen LogP contribution is -2.36. The first kappa shape index (κ1) is 32.6. The van der Waals surface area contributed by atoms with E-state index in [0.29, 0.717) is 32.0 Å². The highest BCUT2D eigenvalue weighted by molar-refractivity contribution is 5.86. The molecule has 7 rings (SSSR count). The van der Waals surface area contributed by atoms with Crippen LogP contribution in [0, 0.1) is 16.7 Å². The maximum Gasteiger partial charge on any atom is 0.134 e. The molecule has 0 spiro atoms. The molecule has 48 heavy (non-hydrogen) atoms. The van der Waals surface area contributed by atoms with Gasteiger partial charge in [-0.15, -0.1) is 0 Å². The molecular formula is C40H48N2O6. The molecule has 1 aliphatic carbocycles. The Kier molecular flexibility index (Phi) is 8.47. The van der Waals surface area contributed by atoms with E-state index >= 15 is 0 Å². The number of ether oxygens (including phenoxy) is 4. The van der Waals surface area contributed by atoms with Crippen molar-refractivity contribution in [1.29, 1.82) is 0 Å². The minimum atomic E-state index is -0.870. The summed E-state index contributed by atoms with van der Waals surface area (Å²) >= 11 is 0. The number of hydrogen-bond donors (Lipinski definition) is 2. The van der Waals surface area contributed by atoms with Gasteiger partial charge in [-0.05, 0) is 65.8 Å². The van der Waals surface area contributed by atoms with Crippen LogP contribution in [0.3, 0.4) is 0 Å². The quantitative estimate of drug-likeness (QED) is 0.357. The van der Waals surface area contributed by atoms with Crippen LogP contribution < -0.4 is 19.3 Å². The van der Waals surface area contributed by atoms with E-state index < -0.39 is 12.0 Å². The standard InChI is InChI=1S/C40H48N2O6/c1-39(2,3)35-21-25(29-23-27(7-9-33(29)47-35)41-11-15-45-16-12-41)19-31-37(43)32(38(31)44)20-26-22-36(40(4,5)6)48-34-10-8-28(24-30(26)34)42-13-17-46-18-14-42/h7-10,19-24,31,37,43-44H,11-18H2,1-6H3/b25-19+,26-20+. The molecule has 0 aromatic heterocycles. The number of benzene rings is 2. The third-order valence-electron chi connectivity index (χ3n) is 9.73. The Morgan fingerprint density at radius 2 is 1.15 bits per heavy atom. The van der Waals surface area contributed by atoms with Crippen molar-refractivity contribution in [3.05, 3.63) is 94.7 Å². The second-order valence-electron chi connectivity index (χ2n) is 15.3. The lowest BCUT2D eigenvalue weighted by Gasteiger charge is -2.35. The Hall–Kier alpha value is -3.98. The molecule has 2 aromatic carbocycles. The fourth-order valence-corrected chi connectivity index (χ4v) is 6.71. The maximum absolute atomic E-state index is 11.6. The average molecular weight is 653 g/mol. The number of rotatable bonds is 4. The Morgan fingerprint density at radius 3 is 1.60 bits per heavy atom. The summed E-state index contributed by atoms with van der Waals surface area (Å²) in [6.07, 6.45) is 7.15. The van der Waals surface area contributed by atoms with E-state index in [4.69, 9.17) is 18.9 Å². The van der Waals surface area contributed by atoms with Gasteiger partial charge in [0.05, 0.1) is 38.4 Å². The summed E-state index contributed by atoms with van der Waals surface area (Å²) in [4.78, 5) is 4.64. The molecule has 5 aliphatic rings. The third-order valence-corrected chi connectivity index (χ3v) is 9.73. The zero-order valence-corrected chi connectivity index (χ0v) is 29.0. The van der Waals surface area contributed by atoms with Gasteiger partial charge < -0.3 is 39.0 Å². The normalized spacial score (nSPS) is 24.7. The predicted molar refractivity (Wildman–Crippen MR) is 190 cm³/mol. The van der Waals surface area contributed by atoms with E-state index in [1.54, 1.807) is 0 Å². The van der Waals surface area contributed by atoms with Gasteiger partial charge in [-0.2, -0.15) is 0 Å². The molecular weight excluding hydrogens is 604 g/mol. The minimum Gasteiger partial charge on any atom is -0.511 e. The van der Waals surface area contributed by atoms with Crippen molar-refractivity contribution < 1.29 is 29.2 Å². The molecule has 2 saturated heterocycles. The van der Waals surface area contributed by atoms with Gasteiger partial charge in [0.15, 0.2) is 0 Å². The Bertz CT molecular complexity index is 1740. The summed E-state index contributed by atoms with van der Waals surface area (Å²) in [6.45, 7) is 18.9. The molecule has 0 amide bonds. The van der Waals surface area contributed by atoms with E-state index in [-0.39, 0.29) is 16.6 Å². The van der Waals surface area contributed by atoms with Gasteiger partial charge in [0, 0.05) is 65.1 Å². The zero-order valence-electron chi connectivity index (χ0n) is 29.0. The summed E-state index contributed by atoms with van der Waals surface area (Å²) in [7, 11) is 0. The van der Waals surface area contributed by atoms with Gasteiger partial charge in [0.25, 0.3) is 0 Å². The van der Waals surface area contributed by atoms with Gasteiger partial charge in [0.2, 0.25) is 0 Å². The molecule has 8 heteroatoms. The van der Waals surface area contributed by atoms with Crippen LogP contribution in [-0.4, -0.2) is 68.9 Å².